The van der Waals surface area contributed by atoms with Gasteiger partial charge >= 0.3 is 0 Å². The summed E-state index contributed by atoms with van der Waals surface area (Å²) >= 11 is 0. The first-order valence-electron chi connectivity index (χ1n) is 8.96. The van der Waals surface area contributed by atoms with Gasteiger partial charge in [0.2, 0.25) is 0 Å². The summed E-state index contributed by atoms with van der Waals surface area (Å²) in [7, 11) is 0. The monoisotopic (exact) mass is 364 g/mol. The quantitative estimate of drug-likeness (QED) is 0.799. The SMILES string of the molecule is CC(C)(C)c1ccc(NC2=CC(=O)N(CCO)C2=O)c(-c2ccccc2)c1. The van der Waals surface area contributed by atoms with E-state index in [1.54, 1.807) is 0 Å². The number of aliphatic hydroxyl groups excluding tert-OH is 1. The Balaban J connectivity index is 2.00. The molecule has 5 nitrogen and oxygen atoms in total. The average Bonchev–Trinajstić information content (AvgIpc) is 2.90. The Labute approximate surface area is 159 Å². The molecule has 0 saturated carbocycles. The highest BCUT2D eigenvalue weighted by Crippen LogP contribution is 2.34. The van der Waals surface area contributed by atoms with Crippen LogP contribution >= 0.6 is 0 Å². The number of hydrogen-bond acceptors (Lipinski definition) is 4. The third-order valence-electron chi connectivity index (χ3n) is 4.57. The Morgan fingerprint density at radius 1 is 1.04 bits per heavy atom. The lowest BCUT2D eigenvalue weighted by atomic mass is 9.85. The van der Waals surface area contributed by atoms with Gasteiger partial charge in [0, 0.05) is 17.3 Å². The minimum absolute atomic E-state index is 0.00610. The Morgan fingerprint density at radius 2 is 1.74 bits per heavy atom. The van der Waals surface area contributed by atoms with Gasteiger partial charge in [0.05, 0.1) is 13.2 Å². The van der Waals surface area contributed by atoms with Crippen molar-refractivity contribution >= 4 is 17.5 Å². The number of anilines is 1. The molecule has 140 valence electrons. The smallest absolute Gasteiger partial charge is 0.277 e. The topological polar surface area (TPSA) is 69.6 Å². The number of β-amino-alcohol motifs (C(OH)–C–C–N with tert-alkyl or cyclic N) is 1. The third kappa shape index (κ3) is 3.93. The highest BCUT2D eigenvalue weighted by molar-refractivity contribution is 6.17. The molecule has 0 unspecified atom stereocenters. The maximum atomic E-state index is 12.4. The Hall–Kier alpha value is -2.92. The van der Waals surface area contributed by atoms with E-state index >= 15 is 0 Å². The first-order chi connectivity index (χ1) is 12.8. The molecule has 0 aliphatic carbocycles. The summed E-state index contributed by atoms with van der Waals surface area (Å²) in [6.45, 7) is 6.19. The highest BCUT2D eigenvalue weighted by atomic mass is 16.3. The van der Waals surface area contributed by atoms with Crippen LogP contribution < -0.4 is 5.32 Å². The highest BCUT2D eigenvalue weighted by Gasteiger charge is 2.31. The molecule has 2 N–H and O–H groups in total. The minimum atomic E-state index is -0.423. The van der Waals surface area contributed by atoms with Crippen molar-refractivity contribution < 1.29 is 14.7 Å². The molecule has 27 heavy (non-hydrogen) atoms. The fraction of sp³-hybridized carbons (Fsp3) is 0.273. The van der Waals surface area contributed by atoms with Gasteiger partial charge in [-0.1, -0.05) is 57.2 Å². The lowest BCUT2D eigenvalue weighted by Gasteiger charge is -2.22. The van der Waals surface area contributed by atoms with E-state index in [0.29, 0.717) is 0 Å². The summed E-state index contributed by atoms with van der Waals surface area (Å²) in [6, 6.07) is 16.0. The van der Waals surface area contributed by atoms with Gasteiger partial charge in [-0.3, -0.25) is 14.5 Å². The molecule has 5 heteroatoms. The molecule has 1 aliphatic heterocycles. The number of aliphatic hydroxyl groups is 1. The Morgan fingerprint density at radius 3 is 2.37 bits per heavy atom. The van der Waals surface area contributed by atoms with Crippen molar-refractivity contribution in [1.82, 2.24) is 4.90 Å². The number of amides is 2. The number of hydrogen-bond donors (Lipinski definition) is 2. The van der Waals surface area contributed by atoms with Gasteiger partial charge in [-0.15, -0.1) is 0 Å². The van der Waals surface area contributed by atoms with E-state index in [1.165, 1.54) is 11.6 Å². The van der Waals surface area contributed by atoms with Crippen LogP contribution in [-0.2, 0) is 15.0 Å². The van der Waals surface area contributed by atoms with Gasteiger partial charge in [-0.05, 0) is 28.7 Å². The summed E-state index contributed by atoms with van der Waals surface area (Å²) in [5, 5.41) is 12.2. The second-order valence-electron chi connectivity index (χ2n) is 7.58. The molecule has 1 aliphatic rings. The molecular formula is C22H24N2O3. The lowest BCUT2D eigenvalue weighted by molar-refractivity contribution is -0.137. The van der Waals surface area contributed by atoms with Crippen molar-refractivity contribution in [2.45, 2.75) is 26.2 Å². The largest absolute Gasteiger partial charge is 0.395 e. The summed E-state index contributed by atoms with van der Waals surface area (Å²) in [5.74, 6) is -0.836. The number of rotatable bonds is 5. The number of benzene rings is 2. The van der Waals surface area contributed by atoms with E-state index in [4.69, 9.17) is 5.11 Å². The van der Waals surface area contributed by atoms with Crippen molar-refractivity contribution in [3.63, 3.8) is 0 Å². The normalized spacial score (nSPS) is 14.5. The maximum Gasteiger partial charge on any atom is 0.277 e. The van der Waals surface area contributed by atoms with Crippen LogP contribution in [0.3, 0.4) is 0 Å². The van der Waals surface area contributed by atoms with Gasteiger partial charge < -0.3 is 10.4 Å². The van der Waals surface area contributed by atoms with E-state index < -0.39 is 11.8 Å². The fourth-order valence-electron chi connectivity index (χ4n) is 3.03. The Bertz CT molecular complexity index is 896. The van der Waals surface area contributed by atoms with E-state index in [1.807, 2.05) is 42.5 Å². The summed E-state index contributed by atoms with van der Waals surface area (Å²) in [4.78, 5) is 25.5. The van der Waals surface area contributed by atoms with Crippen molar-refractivity contribution in [3.05, 3.63) is 65.9 Å². The van der Waals surface area contributed by atoms with Crippen LogP contribution in [0, 0.1) is 0 Å². The second-order valence-corrected chi connectivity index (χ2v) is 7.58. The molecule has 2 amide bonds. The molecule has 0 aromatic heterocycles. The van der Waals surface area contributed by atoms with Gasteiger partial charge in [0.1, 0.15) is 5.70 Å². The van der Waals surface area contributed by atoms with Crippen molar-refractivity contribution in [3.8, 4) is 11.1 Å². The van der Waals surface area contributed by atoms with Crippen LogP contribution in [0.15, 0.2) is 60.3 Å². The predicted octanol–water partition coefficient (Wildman–Crippen LogP) is 3.31. The summed E-state index contributed by atoms with van der Waals surface area (Å²) < 4.78 is 0. The average molecular weight is 364 g/mol. The van der Waals surface area contributed by atoms with Crippen LogP contribution in [-0.4, -0.2) is 35.0 Å². The van der Waals surface area contributed by atoms with E-state index in [0.717, 1.165) is 21.7 Å². The van der Waals surface area contributed by atoms with Gasteiger partial charge in [0.15, 0.2) is 0 Å². The first-order valence-corrected chi connectivity index (χ1v) is 8.96. The molecule has 0 fully saturated rings. The second kappa shape index (κ2) is 7.37. The van der Waals surface area contributed by atoms with Crippen LogP contribution in [0.5, 0.6) is 0 Å². The number of carbonyl (C=O) groups is 2. The number of imide groups is 1. The molecule has 0 bridgehead atoms. The Kier molecular flexibility index (Phi) is 5.15. The molecule has 0 radical (unpaired) electrons. The van der Waals surface area contributed by atoms with Crippen molar-refractivity contribution in [2.24, 2.45) is 0 Å². The van der Waals surface area contributed by atoms with E-state index in [9.17, 15) is 9.59 Å². The zero-order valence-corrected chi connectivity index (χ0v) is 15.8. The fourth-order valence-corrected chi connectivity index (χ4v) is 3.03. The van der Waals surface area contributed by atoms with Crippen LogP contribution in [0.1, 0.15) is 26.3 Å². The molecular weight excluding hydrogens is 340 g/mol. The maximum absolute atomic E-state index is 12.4. The summed E-state index contributed by atoms with van der Waals surface area (Å²) in [6.07, 6.45) is 1.28. The first kappa shape index (κ1) is 18.9. The molecule has 0 spiro atoms. The zero-order chi connectivity index (χ0) is 19.6. The van der Waals surface area contributed by atoms with Gasteiger partial charge in [-0.2, -0.15) is 0 Å². The number of nitrogens with one attached hydrogen (secondary N) is 1. The van der Waals surface area contributed by atoms with Crippen LogP contribution in [0.4, 0.5) is 5.69 Å². The van der Waals surface area contributed by atoms with Gasteiger partial charge in [-0.25, -0.2) is 0 Å². The molecule has 1 heterocycles. The lowest BCUT2D eigenvalue weighted by Crippen LogP contribution is -2.34. The zero-order valence-electron chi connectivity index (χ0n) is 15.8. The number of nitrogens with zero attached hydrogens (tertiary/aromatic N) is 1. The van der Waals surface area contributed by atoms with E-state index in [-0.39, 0.29) is 24.3 Å². The molecule has 2 aromatic carbocycles. The van der Waals surface area contributed by atoms with Crippen LogP contribution in [0.2, 0.25) is 0 Å². The third-order valence-corrected chi connectivity index (χ3v) is 4.57. The van der Waals surface area contributed by atoms with Crippen LogP contribution in [0.25, 0.3) is 11.1 Å². The predicted molar refractivity (Wildman–Crippen MR) is 106 cm³/mol. The molecule has 0 saturated heterocycles. The molecule has 0 atom stereocenters. The summed E-state index contributed by atoms with van der Waals surface area (Å²) in [5.41, 5.74) is 4.12. The van der Waals surface area contributed by atoms with Crippen molar-refractivity contribution in [2.75, 3.05) is 18.5 Å². The molecule has 3 rings (SSSR count). The number of carbonyl (C=O) groups excluding carboxylic acids is 2. The van der Waals surface area contributed by atoms with E-state index in [2.05, 4.69) is 32.2 Å². The molecule has 2 aromatic rings. The van der Waals surface area contributed by atoms with Gasteiger partial charge in [0.25, 0.3) is 11.8 Å². The van der Waals surface area contributed by atoms with Crippen molar-refractivity contribution in [1.29, 1.82) is 0 Å². The minimum Gasteiger partial charge on any atom is -0.395 e. The standard InChI is InChI=1S/C22H24N2O3/c1-22(2,3)16-9-10-18(17(13-16)15-7-5-4-6-8-15)23-19-14-20(26)24(11-12-25)21(19)27/h4-10,13-14,23,25H,11-12H2,1-3H3.